The van der Waals surface area contributed by atoms with Crippen LogP contribution in [0.3, 0.4) is 0 Å². The molecule has 2 aromatic rings. The quantitative estimate of drug-likeness (QED) is 0.865. The molecule has 1 aliphatic rings. The van der Waals surface area contributed by atoms with Crippen molar-refractivity contribution in [1.82, 2.24) is 4.31 Å². The van der Waals surface area contributed by atoms with Crippen molar-refractivity contribution in [3.05, 3.63) is 76.7 Å². The van der Waals surface area contributed by atoms with Gasteiger partial charge in [-0.2, -0.15) is 4.31 Å². The van der Waals surface area contributed by atoms with E-state index in [1.807, 2.05) is 48.5 Å². The number of sulfonamides is 1. The minimum atomic E-state index is -3.43. The largest absolute Gasteiger partial charge is 0.236 e. The van der Waals surface area contributed by atoms with Crippen molar-refractivity contribution in [3.8, 4) is 0 Å². The van der Waals surface area contributed by atoms with Gasteiger partial charge in [-0.1, -0.05) is 54.6 Å². The lowest BCUT2D eigenvalue weighted by Gasteiger charge is -2.23. The Hall–Kier alpha value is -1.91. The molecule has 114 valence electrons. The average Bonchev–Trinajstić information content (AvgIpc) is 2.97. The molecule has 0 heterocycles. The molecule has 4 heteroatoms. The smallest absolute Gasteiger partial charge is 0.207 e. The number of hydrogen-bond donors (Lipinski definition) is 0. The third kappa shape index (κ3) is 2.98. The number of fused-ring (bicyclic) bond motifs is 1. The van der Waals surface area contributed by atoms with E-state index in [9.17, 15) is 8.42 Å². The maximum atomic E-state index is 12.5. The van der Waals surface area contributed by atoms with Crippen LogP contribution >= 0.6 is 0 Å². The van der Waals surface area contributed by atoms with E-state index in [1.165, 1.54) is 15.3 Å². The van der Waals surface area contributed by atoms with Gasteiger partial charge in [-0.25, -0.2) is 8.42 Å². The molecule has 1 unspecified atom stereocenters. The Kier molecular flexibility index (Phi) is 4.14. The highest BCUT2D eigenvalue weighted by Gasteiger charge is 2.30. The van der Waals surface area contributed by atoms with Crippen molar-refractivity contribution in [1.29, 1.82) is 0 Å². The van der Waals surface area contributed by atoms with Crippen molar-refractivity contribution in [2.24, 2.45) is 0 Å². The van der Waals surface area contributed by atoms with E-state index in [1.54, 1.807) is 13.1 Å². The van der Waals surface area contributed by atoms with Crippen LogP contribution in [0, 0.1) is 0 Å². The van der Waals surface area contributed by atoms with Gasteiger partial charge in [-0.3, -0.25) is 0 Å². The third-order valence-electron chi connectivity index (χ3n) is 4.17. The Bertz CT molecular complexity index is 782. The zero-order valence-corrected chi connectivity index (χ0v) is 13.3. The van der Waals surface area contributed by atoms with Crippen molar-refractivity contribution in [2.75, 3.05) is 7.05 Å². The highest BCUT2D eigenvalue weighted by molar-refractivity contribution is 7.92. The lowest BCUT2D eigenvalue weighted by molar-refractivity contribution is 0.379. The first-order valence-corrected chi connectivity index (χ1v) is 8.87. The molecular weight excluding hydrogens is 294 g/mol. The van der Waals surface area contributed by atoms with Crippen LogP contribution in [0.2, 0.25) is 0 Å². The molecule has 0 bridgehead atoms. The second-order valence-corrected chi connectivity index (χ2v) is 7.41. The van der Waals surface area contributed by atoms with Crippen LogP contribution in [0.25, 0.3) is 6.08 Å². The van der Waals surface area contributed by atoms with Crippen LogP contribution in [0.15, 0.2) is 60.0 Å². The number of nitrogens with zero attached hydrogens (tertiary/aromatic N) is 1. The maximum absolute atomic E-state index is 12.5. The van der Waals surface area contributed by atoms with Crippen LogP contribution in [0.1, 0.15) is 29.2 Å². The van der Waals surface area contributed by atoms with E-state index in [2.05, 4.69) is 6.07 Å². The lowest BCUT2D eigenvalue weighted by atomic mass is 10.1. The van der Waals surface area contributed by atoms with E-state index in [0.717, 1.165) is 24.0 Å². The summed E-state index contributed by atoms with van der Waals surface area (Å²) in [7, 11) is -1.77. The fourth-order valence-electron chi connectivity index (χ4n) is 2.91. The predicted octanol–water partition coefficient (Wildman–Crippen LogP) is 3.61. The molecule has 0 spiro atoms. The van der Waals surface area contributed by atoms with Gasteiger partial charge in [0.1, 0.15) is 0 Å². The van der Waals surface area contributed by atoms with Crippen molar-refractivity contribution in [3.63, 3.8) is 0 Å². The van der Waals surface area contributed by atoms with Crippen molar-refractivity contribution < 1.29 is 8.42 Å². The average molecular weight is 313 g/mol. The van der Waals surface area contributed by atoms with Crippen LogP contribution in [0.5, 0.6) is 0 Å². The minimum Gasteiger partial charge on any atom is -0.207 e. The van der Waals surface area contributed by atoms with Crippen molar-refractivity contribution in [2.45, 2.75) is 18.9 Å². The molecule has 22 heavy (non-hydrogen) atoms. The van der Waals surface area contributed by atoms with Crippen LogP contribution < -0.4 is 0 Å². The molecule has 1 aliphatic carbocycles. The zero-order valence-electron chi connectivity index (χ0n) is 12.5. The molecule has 0 aromatic heterocycles. The molecule has 0 aliphatic heterocycles. The fourth-order valence-corrected chi connectivity index (χ4v) is 4.01. The Morgan fingerprint density at radius 1 is 1.05 bits per heavy atom. The first-order chi connectivity index (χ1) is 10.6. The molecule has 0 radical (unpaired) electrons. The fraction of sp³-hybridized carbons (Fsp3) is 0.222. The zero-order chi connectivity index (χ0) is 15.6. The molecule has 0 N–H and O–H groups in total. The minimum absolute atomic E-state index is 0.0679. The number of benzene rings is 2. The van der Waals surface area contributed by atoms with Gasteiger partial charge < -0.3 is 0 Å². The van der Waals surface area contributed by atoms with E-state index in [0.29, 0.717) is 0 Å². The summed E-state index contributed by atoms with van der Waals surface area (Å²) >= 11 is 0. The van der Waals surface area contributed by atoms with Gasteiger partial charge in [0.15, 0.2) is 0 Å². The molecular formula is C18H19NO2S. The molecule has 2 aromatic carbocycles. The summed E-state index contributed by atoms with van der Waals surface area (Å²) in [4.78, 5) is 0. The van der Waals surface area contributed by atoms with Gasteiger partial charge in [-0.05, 0) is 35.6 Å². The molecule has 3 rings (SSSR count). The van der Waals surface area contributed by atoms with Gasteiger partial charge in [0.2, 0.25) is 10.0 Å². The molecule has 0 amide bonds. The van der Waals surface area contributed by atoms with Crippen LogP contribution in [-0.4, -0.2) is 19.8 Å². The summed E-state index contributed by atoms with van der Waals surface area (Å²) in [6, 6.07) is 17.5. The van der Waals surface area contributed by atoms with Crippen LogP contribution in [-0.2, 0) is 16.4 Å². The monoisotopic (exact) mass is 313 g/mol. The number of aryl methyl sites for hydroxylation is 1. The highest BCUT2D eigenvalue weighted by Crippen LogP contribution is 2.36. The third-order valence-corrected chi connectivity index (χ3v) is 5.71. The summed E-state index contributed by atoms with van der Waals surface area (Å²) in [5.41, 5.74) is 3.26. The van der Waals surface area contributed by atoms with Gasteiger partial charge in [-0.15, -0.1) is 0 Å². The molecule has 0 saturated heterocycles. The summed E-state index contributed by atoms with van der Waals surface area (Å²) in [5, 5.41) is 1.29. The summed E-state index contributed by atoms with van der Waals surface area (Å²) in [6.07, 6.45) is 3.42. The maximum Gasteiger partial charge on any atom is 0.236 e. The Morgan fingerprint density at radius 2 is 1.73 bits per heavy atom. The predicted molar refractivity (Wildman–Crippen MR) is 89.7 cm³/mol. The topological polar surface area (TPSA) is 37.4 Å². The first-order valence-electron chi connectivity index (χ1n) is 7.37. The Labute approximate surface area is 132 Å². The van der Waals surface area contributed by atoms with E-state index >= 15 is 0 Å². The number of hydrogen-bond acceptors (Lipinski definition) is 2. The normalized spacial score (nSPS) is 18.0. The summed E-state index contributed by atoms with van der Waals surface area (Å²) in [6.45, 7) is 0. The highest BCUT2D eigenvalue weighted by atomic mass is 32.2. The Balaban J connectivity index is 1.83. The molecule has 3 nitrogen and oxygen atoms in total. The second kappa shape index (κ2) is 6.07. The van der Waals surface area contributed by atoms with Gasteiger partial charge in [0.05, 0.1) is 6.04 Å². The van der Waals surface area contributed by atoms with E-state index in [4.69, 9.17) is 0 Å². The van der Waals surface area contributed by atoms with Crippen molar-refractivity contribution >= 4 is 16.1 Å². The molecule has 1 atom stereocenters. The van der Waals surface area contributed by atoms with Gasteiger partial charge in [0.25, 0.3) is 0 Å². The van der Waals surface area contributed by atoms with Crippen LogP contribution in [0.4, 0.5) is 0 Å². The van der Waals surface area contributed by atoms with Gasteiger partial charge >= 0.3 is 0 Å². The molecule has 0 fully saturated rings. The van der Waals surface area contributed by atoms with E-state index in [-0.39, 0.29) is 6.04 Å². The first kappa shape index (κ1) is 15.0. The second-order valence-electron chi connectivity index (χ2n) is 5.53. The van der Waals surface area contributed by atoms with Gasteiger partial charge in [0, 0.05) is 12.5 Å². The summed E-state index contributed by atoms with van der Waals surface area (Å²) in [5.74, 6) is 0. The van der Waals surface area contributed by atoms with E-state index < -0.39 is 10.0 Å². The lowest BCUT2D eigenvalue weighted by Crippen LogP contribution is -2.28. The summed E-state index contributed by atoms with van der Waals surface area (Å²) < 4.78 is 26.6. The SMILES string of the molecule is CN(C1CCc2ccccc21)S(=O)(=O)/C=C/c1ccccc1. The molecule has 0 saturated carbocycles. The number of rotatable bonds is 4. The standard InChI is InChI=1S/C18H19NO2S/c1-19(18-12-11-16-9-5-6-10-17(16)18)22(20,21)14-13-15-7-3-2-4-8-15/h2-10,13-14,18H,11-12H2,1H3/b14-13+. The Morgan fingerprint density at radius 3 is 2.50 bits per heavy atom.